The number of nitrogens with one attached hydrogen (secondary N) is 1. The van der Waals surface area contributed by atoms with E-state index in [9.17, 15) is 0 Å². The van der Waals surface area contributed by atoms with Crippen molar-refractivity contribution in [2.24, 2.45) is 0 Å². The summed E-state index contributed by atoms with van der Waals surface area (Å²) in [6.07, 6.45) is 0. The van der Waals surface area contributed by atoms with E-state index in [1.54, 1.807) is 0 Å². The summed E-state index contributed by atoms with van der Waals surface area (Å²) in [6, 6.07) is 7.13. The highest BCUT2D eigenvalue weighted by atomic mass is 79.9. The number of aliphatic hydroxyl groups excluding tert-OH is 1. The van der Waals surface area contributed by atoms with Crippen LogP contribution < -0.4 is 10.2 Å². The predicted octanol–water partition coefficient (Wildman–Crippen LogP) is 2.06. The van der Waals surface area contributed by atoms with Gasteiger partial charge in [0.05, 0.1) is 6.61 Å². The number of halogens is 1. The molecule has 0 radical (unpaired) electrons. The summed E-state index contributed by atoms with van der Waals surface area (Å²) >= 11 is 3.69. The summed E-state index contributed by atoms with van der Waals surface area (Å²) in [7, 11) is 0. The molecular formula is C16H26BrN3O. The van der Waals surface area contributed by atoms with Gasteiger partial charge in [0.25, 0.3) is 0 Å². The monoisotopic (exact) mass is 355 g/mol. The Kier molecular flexibility index (Phi) is 6.48. The fourth-order valence-electron chi connectivity index (χ4n) is 2.56. The van der Waals surface area contributed by atoms with Crippen molar-refractivity contribution in [2.45, 2.75) is 26.4 Å². The van der Waals surface area contributed by atoms with E-state index < -0.39 is 0 Å². The van der Waals surface area contributed by atoms with Gasteiger partial charge in [-0.2, -0.15) is 0 Å². The Morgan fingerprint density at radius 2 is 1.95 bits per heavy atom. The first-order valence-corrected chi connectivity index (χ1v) is 8.49. The largest absolute Gasteiger partial charge is 0.395 e. The Morgan fingerprint density at radius 1 is 1.24 bits per heavy atom. The first-order valence-electron chi connectivity index (χ1n) is 7.70. The van der Waals surface area contributed by atoms with Crippen molar-refractivity contribution in [1.82, 2.24) is 10.2 Å². The lowest BCUT2D eigenvalue weighted by Gasteiger charge is -2.36. The molecule has 1 fully saturated rings. The summed E-state index contributed by atoms with van der Waals surface area (Å²) in [5.74, 6) is 0. The van der Waals surface area contributed by atoms with Crippen LogP contribution in [0.3, 0.4) is 0 Å². The molecule has 0 unspecified atom stereocenters. The SMILES string of the molecule is CC(C)NCc1ccc(N2CCN(CCO)CC2)cc1Br. The predicted molar refractivity (Wildman–Crippen MR) is 91.9 cm³/mol. The maximum atomic E-state index is 8.99. The van der Waals surface area contributed by atoms with Crippen LogP contribution in [0.1, 0.15) is 19.4 Å². The van der Waals surface area contributed by atoms with E-state index in [1.165, 1.54) is 15.7 Å². The Balaban J connectivity index is 1.94. The molecule has 1 aliphatic heterocycles. The van der Waals surface area contributed by atoms with Gasteiger partial charge in [0.2, 0.25) is 0 Å². The third-order valence-electron chi connectivity index (χ3n) is 3.89. The molecule has 0 saturated carbocycles. The van der Waals surface area contributed by atoms with Crippen molar-refractivity contribution in [3.05, 3.63) is 28.2 Å². The van der Waals surface area contributed by atoms with Crippen LogP contribution >= 0.6 is 15.9 Å². The quantitative estimate of drug-likeness (QED) is 0.819. The van der Waals surface area contributed by atoms with Crippen molar-refractivity contribution in [2.75, 3.05) is 44.2 Å². The Hall–Kier alpha value is -0.620. The van der Waals surface area contributed by atoms with E-state index in [0.717, 1.165) is 39.3 Å². The molecule has 0 atom stereocenters. The molecular weight excluding hydrogens is 330 g/mol. The molecule has 0 aromatic heterocycles. The molecule has 1 heterocycles. The van der Waals surface area contributed by atoms with Crippen molar-refractivity contribution < 1.29 is 5.11 Å². The number of benzene rings is 1. The molecule has 1 saturated heterocycles. The average Bonchev–Trinajstić information content (AvgIpc) is 2.47. The summed E-state index contributed by atoms with van der Waals surface area (Å²) in [6.45, 7) is 10.3. The van der Waals surface area contributed by atoms with Crippen molar-refractivity contribution in [1.29, 1.82) is 0 Å². The fraction of sp³-hybridized carbons (Fsp3) is 0.625. The van der Waals surface area contributed by atoms with E-state index >= 15 is 0 Å². The van der Waals surface area contributed by atoms with E-state index in [-0.39, 0.29) is 6.61 Å². The van der Waals surface area contributed by atoms with Gasteiger partial charge in [0.1, 0.15) is 0 Å². The highest BCUT2D eigenvalue weighted by Gasteiger charge is 2.17. The van der Waals surface area contributed by atoms with Crippen LogP contribution in [0.15, 0.2) is 22.7 Å². The van der Waals surface area contributed by atoms with Gasteiger partial charge in [-0.05, 0) is 17.7 Å². The molecule has 1 aromatic carbocycles. The highest BCUT2D eigenvalue weighted by Crippen LogP contribution is 2.25. The van der Waals surface area contributed by atoms with Crippen molar-refractivity contribution in [3.8, 4) is 0 Å². The van der Waals surface area contributed by atoms with Crippen LogP contribution in [0, 0.1) is 0 Å². The van der Waals surface area contributed by atoms with E-state index in [1.807, 2.05) is 0 Å². The van der Waals surface area contributed by atoms with Crippen LogP contribution in [-0.2, 0) is 6.54 Å². The lowest BCUT2D eigenvalue weighted by atomic mass is 10.1. The van der Waals surface area contributed by atoms with Crippen LogP contribution in [0.2, 0.25) is 0 Å². The minimum Gasteiger partial charge on any atom is -0.395 e. The molecule has 0 spiro atoms. The smallest absolute Gasteiger partial charge is 0.0558 e. The third kappa shape index (κ3) is 4.95. The van der Waals surface area contributed by atoms with Gasteiger partial charge in [-0.25, -0.2) is 0 Å². The number of nitrogens with zero attached hydrogens (tertiary/aromatic N) is 2. The lowest BCUT2D eigenvalue weighted by molar-refractivity contribution is 0.189. The van der Waals surface area contributed by atoms with Gasteiger partial charge in [-0.3, -0.25) is 4.90 Å². The molecule has 4 nitrogen and oxygen atoms in total. The third-order valence-corrected chi connectivity index (χ3v) is 4.63. The molecule has 0 amide bonds. The van der Waals surface area contributed by atoms with E-state index in [4.69, 9.17) is 5.11 Å². The zero-order chi connectivity index (χ0) is 15.2. The molecule has 0 aliphatic carbocycles. The molecule has 0 bridgehead atoms. The van der Waals surface area contributed by atoms with Gasteiger partial charge in [-0.15, -0.1) is 0 Å². The number of β-amino-alcohol motifs (C(OH)–C–C–N with tert-alkyl or cyclic N) is 1. The molecule has 118 valence electrons. The number of hydrogen-bond donors (Lipinski definition) is 2. The van der Waals surface area contributed by atoms with Gasteiger partial charge >= 0.3 is 0 Å². The fourth-order valence-corrected chi connectivity index (χ4v) is 3.07. The normalized spacial score (nSPS) is 16.7. The first kappa shape index (κ1) is 16.7. The molecule has 1 aromatic rings. The minimum atomic E-state index is 0.253. The molecule has 1 aliphatic rings. The molecule has 2 rings (SSSR count). The molecule has 2 N–H and O–H groups in total. The average molecular weight is 356 g/mol. The molecule has 21 heavy (non-hydrogen) atoms. The standard InChI is InChI=1S/C16H26BrN3O/c1-13(2)18-12-14-3-4-15(11-16(14)17)20-7-5-19(6-8-20)9-10-21/h3-4,11,13,18,21H,5-10,12H2,1-2H3. The highest BCUT2D eigenvalue weighted by molar-refractivity contribution is 9.10. The van der Waals surface area contributed by atoms with E-state index in [0.29, 0.717) is 6.04 Å². The van der Waals surface area contributed by atoms with Gasteiger partial charge < -0.3 is 15.3 Å². The summed E-state index contributed by atoms with van der Waals surface area (Å²) in [5.41, 5.74) is 2.57. The number of anilines is 1. The minimum absolute atomic E-state index is 0.253. The number of hydrogen-bond acceptors (Lipinski definition) is 4. The first-order chi connectivity index (χ1) is 10.1. The molecule has 5 heteroatoms. The second-order valence-corrected chi connectivity index (χ2v) is 6.72. The topological polar surface area (TPSA) is 38.7 Å². The maximum absolute atomic E-state index is 8.99. The maximum Gasteiger partial charge on any atom is 0.0558 e. The number of piperazine rings is 1. The zero-order valence-electron chi connectivity index (χ0n) is 13.0. The van der Waals surface area contributed by atoms with Gasteiger partial charge in [0, 0.05) is 55.5 Å². The van der Waals surface area contributed by atoms with Crippen LogP contribution in [-0.4, -0.2) is 55.4 Å². The second-order valence-electron chi connectivity index (χ2n) is 5.86. The zero-order valence-corrected chi connectivity index (χ0v) is 14.6. The van der Waals surface area contributed by atoms with Gasteiger partial charge in [0.15, 0.2) is 0 Å². The summed E-state index contributed by atoms with van der Waals surface area (Å²) in [4.78, 5) is 4.73. The number of rotatable bonds is 6. The second kappa shape index (κ2) is 8.13. The van der Waals surface area contributed by atoms with Gasteiger partial charge in [-0.1, -0.05) is 35.8 Å². The van der Waals surface area contributed by atoms with Crippen LogP contribution in [0.4, 0.5) is 5.69 Å². The van der Waals surface area contributed by atoms with Crippen LogP contribution in [0.5, 0.6) is 0 Å². The lowest BCUT2D eigenvalue weighted by Crippen LogP contribution is -2.47. The number of aliphatic hydroxyl groups is 1. The van der Waals surface area contributed by atoms with Crippen molar-refractivity contribution >= 4 is 21.6 Å². The van der Waals surface area contributed by atoms with Crippen molar-refractivity contribution in [3.63, 3.8) is 0 Å². The van der Waals surface area contributed by atoms with E-state index in [2.05, 4.69) is 63.1 Å². The Labute approximate surface area is 136 Å². The Bertz CT molecular complexity index is 445. The summed E-state index contributed by atoms with van der Waals surface area (Å²) in [5, 5.41) is 12.4. The van der Waals surface area contributed by atoms with Crippen LogP contribution in [0.25, 0.3) is 0 Å². The summed E-state index contributed by atoms with van der Waals surface area (Å²) < 4.78 is 1.17. The Morgan fingerprint density at radius 3 is 2.52 bits per heavy atom.